The maximum Gasteiger partial charge on any atom is 0.328 e. The number of imidazole rings is 1. The normalized spacial score (nSPS) is 10.9. The molecule has 1 aromatic heterocycles. The Morgan fingerprint density at radius 2 is 1.87 bits per heavy atom. The monoisotopic (exact) mass is 373 g/mol. The Morgan fingerprint density at radius 3 is 2.61 bits per heavy atom. The zero-order valence-corrected chi connectivity index (χ0v) is 14.2. The molecule has 0 bridgehead atoms. The Labute approximate surface area is 141 Å². The first kappa shape index (κ1) is 15.6. The summed E-state index contributed by atoms with van der Waals surface area (Å²) in [7, 11) is 1.75. The molecule has 23 heavy (non-hydrogen) atoms. The maximum atomic E-state index is 12.3. The number of hydrogen-bond acceptors (Lipinski definition) is 2. The van der Waals surface area contributed by atoms with Gasteiger partial charge in [-0.3, -0.25) is 13.9 Å². The molecule has 0 radical (unpaired) electrons. The van der Waals surface area contributed by atoms with Crippen LogP contribution in [0.25, 0.3) is 11.0 Å². The molecule has 0 unspecified atom stereocenters. The highest BCUT2D eigenvalue weighted by atomic mass is 79.9. The van der Waals surface area contributed by atoms with Crippen LogP contribution >= 0.6 is 15.9 Å². The molecule has 3 rings (SSSR count). The molecule has 1 amide bonds. The van der Waals surface area contributed by atoms with Crippen molar-refractivity contribution in [2.45, 2.75) is 6.54 Å². The summed E-state index contributed by atoms with van der Waals surface area (Å²) < 4.78 is 4.15. The lowest BCUT2D eigenvalue weighted by Gasteiger charge is -2.07. The van der Waals surface area contributed by atoms with Crippen molar-refractivity contribution >= 4 is 32.9 Å². The molecule has 1 N–H and O–H groups in total. The first-order chi connectivity index (χ1) is 11.1. The first-order valence-corrected chi connectivity index (χ1v) is 8.05. The van der Waals surface area contributed by atoms with Crippen molar-refractivity contribution in [1.82, 2.24) is 14.5 Å². The van der Waals surface area contributed by atoms with E-state index >= 15 is 0 Å². The lowest BCUT2D eigenvalue weighted by Crippen LogP contribution is -2.31. The number of para-hydroxylation sites is 2. The molecule has 0 atom stereocenters. The minimum absolute atomic E-state index is 0.0806. The van der Waals surface area contributed by atoms with Crippen LogP contribution in [0.2, 0.25) is 0 Å². The van der Waals surface area contributed by atoms with Gasteiger partial charge >= 0.3 is 5.69 Å². The third kappa shape index (κ3) is 3.07. The Balaban J connectivity index is 1.73. The number of hydrogen-bond donors (Lipinski definition) is 1. The molecule has 0 spiro atoms. The average Bonchev–Trinajstić information content (AvgIpc) is 2.80. The van der Waals surface area contributed by atoms with Crippen LogP contribution in [0.5, 0.6) is 0 Å². The number of aryl methyl sites for hydroxylation is 1. The first-order valence-electron chi connectivity index (χ1n) is 7.26. The van der Waals surface area contributed by atoms with Crippen molar-refractivity contribution in [2.24, 2.45) is 7.05 Å². The number of fused-ring (bicyclic) bond motifs is 1. The molecule has 0 aliphatic heterocycles. The molecule has 118 valence electrons. The quantitative estimate of drug-likeness (QED) is 0.763. The molecule has 0 saturated carbocycles. The van der Waals surface area contributed by atoms with Crippen LogP contribution < -0.4 is 11.0 Å². The molecular weight excluding hydrogens is 358 g/mol. The van der Waals surface area contributed by atoms with E-state index in [9.17, 15) is 9.59 Å². The summed E-state index contributed by atoms with van der Waals surface area (Å²) in [5.74, 6) is -0.153. The summed E-state index contributed by atoms with van der Waals surface area (Å²) in [6.45, 7) is 0.819. The zero-order chi connectivity index (χ0) is 16.4. The number of carbonyl (C=O) groups excluding carboxylic acids is 1. The van der Waals surface area contributed by atoms with Crippen LogP contribution in [0, 0.1) is 0 Å². The van der Waals surface area contributed by atoms with Crippen LogP contribution in [-0.4, -0.2) is 21.6 Å². The van der Waals surface area contributed by atoms with Crippen LogP contribution in [0.3, 0.4) is 0 Å². The Kier molecular flexibility index (Phi) is 4.34. The highest BCUT2D eigenvalue weighted by Gasteiger charge is 2.10. The molecule has 0 aliphatic rings. The fourth-order valence-electron chi connectivity index (χ4n) is 2.59. The van der Waals surface area contributed by atoms with E-state index in [1.807, 2.05) is 36.4 Å². The number of rotatable bonds is 4. The van der Waals surface area contributed by atoms with Crippen LogP contribution in [0.4, 0.5) is 0 Å². The number of nitrogens with zero attached hydrogens (tertiary/aromatic N) is 2. The average molecular weight is 374 g/mol. The van der Waals surface area contributed by atoms with Gasteiger partial charge in [-0.2, -0.15) is 0 Å². The third-order valence-electron chi connectivity index (χ3n) is 3.76. The van der Waals surface area contributed by atoms with Gasteiger partial charge < -0.3 is 5.32 Å². The number of carbonyl (C=O) groups is 1. The highest BCUT2D eigenvalue weighted by molar-refractivity contribution is 9.10. The Bertz CT molecular complexity index is 927. The van der Waals surface area contributed by atoms with Gasteiger partial charge in [0.15, 0.2) is 0 Å². The van der Waals surface area contributed by atoms with Gasteiger partial charge in [0.2, 0.25) is 0 Å². The molecule has 6 heteroatoms. The van der Waals surface area contributed by atoms with E-state index in [2.05, 4.69) is 21.2 Å². The van der Waals surface area contributed by atoms with Crippen LogP contribution in [-0.2, 0) is 13.6 Å². The van der Waals surface area contributed by atoms with Crippen molar-refractivity contribution in [1.29, 1.82) is 0 Å². The standard InChI is InChI=1S/C17H16BrN3O2/c1-20-14-7-2-3-8-15(14)21(17(20)23)10-9-19-16(22)12-5-4-6-13(18)11-12/h2-8,11H,9-10H2,1H3,(H,19,22). The predicted octanol–water partition coefficient (Wildman–Crippen LogP) is 2.53. The minimum atomic E-state index is -0.153. The van der Waals surface area contributed by atoms with Crippen molar-refractivity contribution in [3.63, 3.8) is 0 Å². The van der Waals surface area contributed by atoms with Gasteiger partial charge in [0.05, 0.1) is 11.0 Å². The number of amides is 1. The molecule has 3 aromatic rings. The SMILES string of the molecule is Cn1c(=O)n(CCNC(=O)c2cccc(Br)c2)c2ccccc21. The number of nitrogens with one attached hydrogen (secondary N) is 1. The summed E-state index contributed by atoms with van der Waals surface area (Å²) in [6.07, 6.45) is 0. The molecule has 0 fully saturated rings. The van der Waals surface area contributed by atoms with E-state index in [0.29, 0.717) is 18.7 Å². The van der Waals surface area contributed by atoms with Crippen molar-refractivity contribution in [3.8, 4) is 0 Å². The summed E-state index contributed by atoms with van der Waals surface area (Å²) in [4.78, 5) is 24.4. The number of aromatic nitrogens is 2. The summed E-state index contributed by atoms with van der Waals surface area (Å²) in [5.41, 5.74) is 2.26. The Morgan fingerprint density at radius 1 is 1.13 bits per heavy atom. The number of halogens is 1. The second-order valence-corrected chi connectivity index (χ2v) is 6.16. The van der Waals surface area contributed by atoms with Crippen LogP contribution in [0.1, 0.15) is 10.4 Å². The summed E-state index contributed by atoms with van der Waals surface area (Å²) >= 11 is 3.35. The van der Waals surface area contributed by atoms with E-state index in [4.69, 9.17) is 0 Å². The molecule has 1 heterocycles. The largest absolute Gasteiger partial charge is 0.350 e. The van der Waals surface area contributed by atoms with E-state index in [0.717, 1.165) is 15.5 Å². The minimum Gasteiger partial charge on any atom is -0.350 e. The smallest absolute Gasteiger partial charge is 0.328 e. The molecule has 5 nitrogen and oxygen atoms in total. The van der Waals surface area contributed by atoms with Gasteiger partial charge in [-0.25, -0.2) is 4.79 Å². The summed E-state index contributed by atoms with van der Waals surface area (Å²) in [5, 5.41) is 2.85. The second-order valence-electron chi connectivity index (χ2n) is 5.25. The lowest BCUT2D eigenvalue weighted by molar-refractivity contribution is 0.0952. The third-order valence-corrected chi connectivity index (χ3v) is 4.25. The lowest BCUT2D eigenvalue weighted by atomic mass is 10.2. The topological polar surface area (TPSA) is 56.0 Å². The maximum absolute atomic E-state index is 12.3. The molecule has 0 aliphatic carbocycles. The van der Waals surface area contributed by atoms with Gasteiger partial charge in [-0.1, -0.05) is 34.1 Å². The van der Waals surface area contributed by atoms with Gasteiger partial charge in [-0.05, 0) is 30.3 Å². The van der Waals surface area contributed by atoms with Crippen molar-refractivity contribution < 1.29 is 4.79 Å². The zero-order valence-electron chi connectivity index (χ0n) is 12.6. The van der Waals surface area contributed by atoms with E-state index < -0.39 is 0 Å². The molecular formula is C17H16BrN3O2. The highest BCUT2D eigenvalue weighted by Crippen LogP contribution is 2.12. The van der Waals surface area contributed by atoms with E-state index in [1.165, 1.54) is 0 Å². The molecule has 2 aromatic carbocycles. The van der Waals surface area contributed by atoms with E-state index in [-0.39, 0.29) is 11.6 Å². The fourth-order valence-corrected chi connectivity index (χ4v) is 2.99. The van der Waals surface area contributed by atoms with Gasteiger partial charge in [0.25, 0.3) is 5.91 Å². The number of benzene rings is 2. The van der Waals surface area contributed by atoms with Gasteiger partial charge in [-0.15, -0.1) is 0 Å². The van der Waals surface area contributed by atoms with Crippen molar-refractivity contribution in [2.75, 3.05) is 6.54 Å². The van der Waals surface area contributed by atoms with Crippen molar-refractivity contribution in [3.05, 3.63) is 69.1 Å². The molecule has 0 saturated heterocycles. The second kappa shape index (κ2) is 6.42. The Hall–Kier alpha value is -2.34. The van der Waals surface area contributed by atoms with Gasteiger partial charge in [0, 0.05) is 30.2 Å². The van der Waals surface area contributed by atoms with E-state index in [1.54, 1.807) is 28.3 Å². The van der Waals surface area contributed by atoms with Crippen LogP contribution in [0.15, 0.2) is 57.8 Å². The summed E-state index contributed by atoms with van der Waals surface area (Å²) in [6, 6.07) is 14.8. The predicted molar refractivity (Wildman–Crippen MR) is 93.7 cm³/mol. The fraction of sp³-hybridized carbons (Fsp3) is 0.176. The van der Waals surface area contributed by atoms with Gasteiger partial charge in [0.1, 0.15) is 0 Å².